The molecule has 0 aliphatic rings. The fourth-order valence-corrected chi connectivity index (χ4v) is 3.11. The molecular formula is C19H17N3O4S. The third-order valence-electron chi connectivity index (χ3n) is 3.77. The van der Waals surface area contributed by atoms with Crippen LogP contribution < -0.4 is 10.1 Å². The number of nitro benzene ring substituents is 1. The van der Waals surface area contributed by atoms with E-state index < -0.39 is 10.8 Å². The van der Waals surface area contributed by atoms with E-state index in [2.05, 4.69) is 10.3 Å². The van der Waals surface area contributed by atoms with Gasteiger partial charge in [-0.25, -0.2) is 4.98 Å². The second-order valence-corrected chi connectivity index (χ2v) is 6.83. The number of benzene rings is 2. The van der Waals surface area contributed by atoms with E-state index in [1.807, 2.05) is 36.6 Å². The first-order valence-corrected chi connectivity index (χ1v) is 9.00. The SMILES string of the molecule is Cc1ccc(-c2csc(NC(=O)COc3ccc(C)cc3[N+](=O)[O-])n2)cc1. The molecule has 0 atom stereocenters. The Morgan fingerprint density at radius 1 is 1.19 bits per heavy atom. The summed E-state index contributed by atoms with van der Waals surface area (Å²) < 4.78 is 5.32. The van der Waals surface area contributed by atoms with Crippen molar-refractivity contribution >= 4 is 28.1 Å². The van der Waals surface area contributed by atoms with Crippen molar-refractivity contribution in [3.05, 3.63) is 69.1 Å². The van der Waals surface area contributed by atoms with Gasteiger partial charge in [0.05, 0.1) is 10.6 Å². The first-order chi connectivity index (χ1) is 12.9. The number of aromatic nitrogens is 1. The highest BCUT2D eigenvalue weighted by atomic mass is 32.1. The maximum absolute atomic E-state index is 12.1. The first kappa shape index (κ1) is 18.5. The van der Waals surface area contributed by atoms with E-state index >= 15 is 0 Å². The molecule has 0 radical (unpaired) electrons. The Hall–Kier alpha value is -3.26. The summed E-state index contributed by atoms with van der Waals surface area (Å²) in [5, 5.41) is 16.0. The first-order valence-electron chi connectivity index (χ1n) is 8.12. The van der Waals surface area contributed by atoms with E-state index in [4.69, 9.17) is 4.74 Å². The third kappa shape index (κ3) is 4.68. The summed E-state index contributed by atoms with van der Waals surface area (Å²) in [6.07, 6.45) is 0. The van der Waals surface area contributed by atoms with Crippen LogP contribution in [0.5, 0.6) is 5.75 Å². The number of nitrogens with zero attached hydrogens (tertiary/aromatic N) is 2. The molecule has 1 aromatic heterocycles. The molecule has 0 unspecified atom stereocenters. The van der Waals surface area contributed by atoms with Gasteiger partial charge in [-0.2, -0.15) is 0 Å². The Balaban J connectivity index is 1.62. The van der Waals surface area contributed by atoms with Crippen molar-refractivity contribution in [2.75, 3.05) is 11.9 Å². The van der Waals surface area contributed by atoms with Crippen molar-refractivity contribution < 1.29 is 14.5 Å². The number of anilines is 1. The van der Waals surface area contributed by atoms with Crippen LogP contribution in [-0.4, -0.2) is 22.4 Å². The second-order valence-electron chi connectivity index (χ2n) is 5.97. The van der Waals surface area contributed by atoms with Crippen LogP contribution in [0.25, 0.3) is 11.3 Å². The number of thiazole rings is 1. The van der Waals surface area contributed by atoms with Crippen LogP contribution >= 0.6 is 11.3 Å². The molecule has 0 aliphatic carbocycles. The fraction of sp³-hybridized carbons (Fsp3) is 0.158. The molecule has 0 saturated heterocycles. The zero-order chi connectivity index (χ0) is 19.4. The van der Waals surface area contributed by atoms with Gasteiger partial charge < -0.3 is 4.74 Å². The largest absolute Gasteiger partial charge is 0.477 e. The maximum Gasteiger partial charge on any atom is 0.311 e. The van der Waals surface area contributed by atoms with Crippen molar-refractivity contribution in [2.45, 2.75) is 13.8 Å². The lowest BCUT2D eigenvalue weighted by molar-refractivity contribution is -0.385. The molecule has 1 N–H and O–H groups in total. The number of nitro groups is 1. The molecule has 1 amide bonds. The number of hydrogen-bond acceptors (Lipinski definition) is 6. The maximum atomic E-state index is 12.1. The van der Waals surface area contributed by atoms with Crippen LogP contribution in [-0.2, 0) is 4.79 Å². The van der Waals surface area contributed by atoms with Gasteiger partial charge in [0.1, 0.15) is 0 Å². The minimum absolute atomic E-state index is 0.0558. The van der Waals surface area contributed by atoms with Crippen LogP contribution in [0, 0.1) is 24.0 Å². The predicted octanol–water partition coefficient (Wildman–Crippen LogP) is 4.35. The molecule has 0 spiro atoms. The van der Waals surface area contributed by atoms with E-state index in [-0.39, 0.29) is 18.0 Å². The van der Waals surface area contributed by atoms with Crippen LogP contribution in [0.4, 0.5) is 10.8 Å². The average molecular weight is 383 g/mol. The topological polar surface area (TPSA) is 94.4 Å². The molecule has 1 heterocycles. The molecule has 0 fully saturated rings. The lowest BCUT2D eigenvalue weighted by Gasteiger charge is -2.07. The average Bonchev–Trinajstić information content (AvgIpc) is 3.09. The highest BCUT2D eigenvalue weighted by molar-refractivity contribution is 7.14. The van der Waals surface area contributed by atoms with Crippen LogP contribution in [0.15, 0.2) is 47.8 Å². The quantitative estimate of drug-likeness (QED) is 0.504. The molecule has 7 nitrogen and oxygen atoms in total. The smallest absolute Gasteiger partial charge is 0.311 e. The van der Waals surface area contributed by atoms with Gasteiger partial charge in [0, 0.05) is 17.0 Å². The van der Waals surface area contributed by atoms with Gasteiger partial charge >= 0.3 is 5.69 Å². The Bertz CT molecular complexity index is 983. The van der Waals surface area contributed by atoms with E-state index in [0.29, 0.717) is 5.13 Å². The third-order valence-corrected chi connectivity index (χ3v) is 4.53. The van der Waals surface area contributed by atoms with Crippen LogP contribution in [0.2, 0.25) is 0 Å². The van der Waals surface area contributed by atoms with E-state index in [1.165, 1.54) is 23.5 Å². The van der Waals surface area contributed by atoms with Crippen molar-refractivity contribution in [2.24, 2.45) is 0 Å². The van der Waals surface area contributed by atoms with Gasteiger partial charge in [0.25, 0.3) is 5.91 Å². The number of amides is 1. The fourth-order valence-electron chi connectivity index (χ4n) is 2.38. The van der Waals surface area contributed by atoms with E-state index in [0.717, 1.165) is 22.4 Å². The number of rotatable bonds is 6. The van der Waals surface area contributed by atoms with Gasteiger partial charge in [0.15, 0.2) is 17.5 Å². The molecule has 3 aromatic rings. The van der Waals surface area contributed by atoms with Gasteiger partial charge in [0.2, 0.25) is 0 Å². The van der Waals surface area contributed by atoms with Crippen molar-refractivity contribution in [1.29, 1.82) is 0 Å². The molecule has 3 rings (SSSR count). The summed E-state index contributed by atoms with van der Waals surface area (Å²) in [5.74, 6) is -0.380. The molecule has 2 aromatic carbocycles. The molecule has 0 aliphatic heterocycles. The number of carbonyl (C=O) groups is 1. The van der Waals surface area contributed by atoms with Crippen LogP contribution in [0.1, 0.15) is 11.1 Å². The number of carbonyl (C=O) groups excluding carboxylic acids is 1. The summed E-state index contributed by atoms with van der Waals surface area (Å²) in [7, 11) is 0. The Morgan fingerprint density at radius 2 is 1.89 bits per heavy atom. The number of ether oxygens (including phenoxy) is 1. The Labute approximate surface area is 159 Å². The zero-order valence-electron chi connectivity index (χ0n) is 14.8. The summed E-state index contributed by atoms with van der Waals surface area (Å²) in [5.41, 5.74) is 3.46. The van der Waals surface area contributed by atoms with Gasteiger partial charge in [-0.05, 0) is 25.5 Å². The van der Waals surface area contributed by atoms with Gasteiger partial charge in [-0.1, -0.05) is 35.9 Å². The lowest BCUT2D eigenvalue weighted by atomic mass is 10.1. The minimum atomic E-state index is -0.533. The number of nitrogens with one attached hydrogen (secondary N) is 1. The summed E-state index contributed by atoms with van der Waals surface area (Å²) in [4.78, 5) is 27.0. The monoisotopic (exact) mass is 383 g/mol. The predicted molar refractivity (Wildman–Crippen MR) is 104 cm³/mol. The van der Waals surface area contributed by atoms with E-state index in [9.17, 15) is 14.9 Å². The molecule has 138 valence electrons. The molecule has 0 bridgehead atoms. The Morgan fingerprint density at radius 3 is 2.59 bits per heavy atom. The second kappa shape index (κ2) is 7.96. The van der Waals surface area contributed by atoms with Gasteiger partial charge in [-0.15, -0.1) is 11.3 Å². The number of aryl methyl sites for hydroxylation is 2. The normalized spacial score (nSPS) is 10.4. The lowest BCUT2D eigenvalue weighted by Crippen LogP contribution is -2.20. The van der Waals surface area contributed by atoms with Gasteiger partial charge in [-0.3, -0.25) is 20.2 Å². The summed E-state index contributed by atoms with van der Waals surface area (Å²) in [6, 6.07) is 12.5. The molecule has 8 heteroatoms. The summed E-state index contributed by atoms with van der Waals surface area (Å²) >= 11 is 1.30. The standard InChI is InChI=1S/C19H17N3O4S/c1-12-3-6-14(7-4-12)15-11-27-19(20-15)21-18(23)10-26-17-8-5-13(2)9-16(17)22(24)25/h3-9,11H,10H2,1-2H3,(H,20,21,23). The van der Waals surface area contributed by atoms with Crippen LogP contribution in [0.3, 0.4) is 0 Å². The van der Waals surface area contributed by atoms with Crippen molar-refractivity contribution in [3.63, 3.8) is 0 Å². The zero-order valence-corrected chi connectivity index (χ0v) is 15.6. The van der Waals surface area contributed by atoms with Crippen molar-refractivity contribution in [1.82, 2.24) is 4.98 Å². The minimum Gasteiger partial charge on any atom is -0.477 e. The van der Waals surface area contributed by atoms with Crippen molar-refractivity contribution in [3.8, 4) is 17.0 Å². The molecule has 27 heavy (non-hydrogen) atoms. The highest BCUT2D eigenvalue weighted by Crippen LogP contribution is 2.28. The number of hydrogen-bond donors (Lipinski definition) is 1. The Kier molecular flexibility index (Phi) is 5.46. The molecule has 0 saturated carbocycles. The molecular weight excluding hydrogens is 366 g/mol. The summed E-state index contributed by atoms with van der Waals surface area (Å²) in [6.45, 7) is 3.41. The highest BCUT2D eigenvalue weighted by Gasteiger charge is 2.16. The van der Waals surface area contributed by atoms with E-state index in [1.54, 1.807) is 13.0 Å².